The van der Waals surface area contributed by atoms with E-state index in [0.29, 0.717) is 32.7 Å². The van der Waals surface area contributed by atoms with E-state index in [1.807, 2.05) is 28.5 Å². The highest BCUT2D eigenvalue weighted by Gasteiger charge is 2.18. The zero-order valence-corrected chi connectivity index (χ0v) is 15.2. The number of rotatable bonds is 4. The largest absolute Gasteiger partial charge is 0.378 e. The first kappa shape index (κ1) is 16.9. The Balaban J connectivity index is 1.45. The number of nitrogens with zero attached hydrogens (tertiary/aromatic N) is 2. The summed E-state index contributed by atoms with van der Waals surface area (Å²) in [6, 6.07) is 18.7. The van der Waals surface area contributed by atoms with Gasteiger partial charge in [0.1, 0.15) is 5.01 Å². The summed E-state index contributed by atoms with van der Waals surface area (Å²) in [5, 5.41) is 2.89. The van der Waals surface area contributed by atoms with Crippen molar-refractivity contribution < 1.29 is 9.53 Å². The van der Waals surface area contributed by atoms with Crippen LogP contribution < -0.4 is 0 Å². The summed E-state index contributed by atoms with van der Waals surface area (Å²) >= 11 is 1.55. The minimum Gasteiger partial charge on any atom is -0.378 e. The van der Waals surface area contributed by atoms with Crippen LogP contribution in [0.4, 0.5) is 0 Å². The van der Waals surface area contributed by atoms with E-state index in [9.17, 15) is 4.79 Å². The summed E-state index contributed by atoms with van der Waals surface area (Å²) in [5.74, 6) is 0.133. The Morgan fingerprint density at radius 3 is 2.35 bits per heavy atom. The van der Waals surface area contributed by atoms with Crippen molar-refractivity contribution in [3.63, 3.8) is 0 Å². The summed E-state index contributed by atoms with van der Waals surface area (Å²) in [4.78, 5) is 18.9. The van der Waals surface area contributed by atoms with Crippen LogP contribution in [0.3, 0.4) is 0 Å². The van der Waals surface area contributed by atoms with Crippen LogP contribution in [0, 0.1) is 0 Å². The third-order valence-electron chi connectivity index (χ3n) is 4.51. The molecule has 4 rings (SSSR count). The highest BCUT2D eigenvalue weighted by atomic mass is 32.1. The predicted molar refractivity (Wildman–Crippen MR) is 104 cm³/mol. The van der Waals surface area contributed by atoms with Crippen molar-refractivity contribution >= 4 is 17.2 Å². The summed E-state index contributed by atoms with van der Waals surface area (Å²) in [6.45, 7) is 2.61. The number of benzene rings is 2. The lowest BCUT2D eigenvalue weighted by molar-refractivity contribution is -0.134. The normalized spacial score (nSPS) is 14.4. The SMILES string of the molecule is O=C(Cc1nc(-c2ccc(-c3ccccc3)cc2)cs1)N1CCOCC1. The molecule has 0 atom stereocenters. The van der Waals surface area contributed by atoms with E-state index in [0.717, 1.165) is 16.3 Å². The second kappa shape index (κ2) is 7.81. The van der Waals surface area contributed by atoms with Crippen LogP contribution in [0.5, 0.6) is 0 Å². The van der Waals surface area contributed by atoms with Crippen LogP contribution in [0.15, 0.2) is 60.0 Å². The van der Waals surface area contributed by atoms with Gasteiger partial charge in [0.25, 0.3) is 0 Å². The molecule has 132 valence electrons. The number of aromatic nitrogens is 1. The third-order valence-corrected chi connectivity index (χ3v) is 5.35. The van der Waals surface area contributed by atoms with Gasteiger partial charge in [-0.15, -0.1) is 11.3 Å². The van der Waals surface area contributed by atoms with Crippen LogP contribution in [-0.2, 0) is 16.0 Å². The highest BCUT2D eigenvalue weighted by Crippen LogP contribution is 2.26. The molecule has 0 N–H and O–H groups in total. The fourth-order valence-corrected chi connectivity index (χ4v) is 3.84. The first-order valence-corrected chi connectivity index (χ1v) is 9.63. The number of thiazole rings is 1. The van der Waals surface area contributed by atoms with Gasteiger partial charge in [-0.1, -0.05) is 54.6 Å². The molecule has 1 aliphatic rings. The highest BCUT2D eigenvalue weighted by molar-refractivity contribution is 7.10. The standard InChI is InChI=1S/C21H20N2O2S/c24-21(23-10-12-25-13-11-23)14-20-22-19(15-26-20)18-8-6-17(7-9-18)16-4-2-1-3-5-16/h1-9,15H,10-14H2. The van der Waals surface area contributed by atoms with Gasteiger partial charge in [-0.2, -0.15) is 0 Å². The number of carbonyl (C=O) groups is 1. The molecule has 4 nitrogen and oxygen atoms in total. The second-order valence-electron chi connectivity index (χ2n) is 6.24. The Bertz CT molecular complexity index is 869. The van der Waals surface area contributed by atoms with Crippen molar-refractivity contribution in [2.24, 2.45) is 0 Å². The molecule has 3 aromatic rings. The number of hydrogen-bond acceptors (Lipinski definition) is 4. The average molecular weight is 364 g/mol. The van der Waals surface area contributed by atoms with Gasteiger partial charge in [0.2, 0.25) is 5.91 Å². The van der Waals surface area contributed by atoms with E-state index in [4.69, 9.17) is 4.74 Å². The Hall–Kier alpha value is -2.50. The molecule has 5 heteroatoms. The molecule has 0 bridgehead atoms. The average Bonchev–Trinajstić information content (AvgIpc) is 3.18. The van der Waals surface area contributed by atoms with E-state index in [1.165, 1.54) is 11.1 Å². The molecule has 0 unspecified atom stereocenters. The van der Waals surface area contributed by atoms with E-state index in [2.05, 4.69) is 41.4 Å². The van der Waals surface area contributed by atoms with Gasteiger partial charge in [-0.3, -0.25) is 4.79 Å². The molecular weight excluding hydrogens is 344 g/mol. The van der Waals surface area contributed by atoms with Gasteiger partial charge >= 0.3 is 0 Å². The van der Waals surface area contributed by atoms with Crippen molar-refractivity contribution in [3.05, 3.63) is 65.0 Å². The molecule has 1 aliphatic heterocycles. The molecule has 1 aromatic heterocycles. The van der Waals surface area contributed by atoms with E-state index in [1.54, 1.807) is 11.3 Å². The van der Waals surface area contributed by atoms with Crippen LogP contribution in [-0.4, -0.2) is 42.1 Å². The summed E-state index contributed by atoms with van der Waals surface area (Å²) in [7, 11) is 0. The summed E-state index contributed by atoms with van der Waals surface area (Å²) < 4.78 is 5.30. The van der Waals surface area contributed by atoms with E-state index in [-0.39, 0.29) is 5.91 Å². The molecule has 0 radical (unpaired) electrons. The quantitative estimate of drug-likeness (QED) is 0.706. The Labute approximate surface area is 157 Å². The molecule has 2 aromatic carbocycles. The molecular formula is C21H20N2O2S. The molecule has 1 amide bonds. The van der Waals surface area contributed by atoms with Crippen LogP contribution in [0.1, 0.15) is 5.01 Å². The lowest BCUT2D eigenvalue weighted by Gasteiger charge is -2.26. The van der Waals surface area contributed by atoms with Crippen molar-refractivity contribution in [1.29, 1.82) is 0 Å². The number of morpholine rings is 1. The fraction of sp³-hybridized carbons (Fsp3) is 0.238. The smallest absolute Gasteiger partial charge is 0.229 e. The van der Waals surface area contributed by atoms with Crippen molar-refractivity contribution in [1.82, 2.24) is 9.88 Å². The maximum absolute atomic E-state index is 12.4. The molecule has 0 aliphatic carbocycles. The van der Waals surface area contributed by atoms with Crippen LogP contribution in [0.2, 0.25) is 0 Å². The topological polar surface area (TPSA) is 42.4 Å². The lowest BCUT2D eigenvalue weighted by Crippen LogP contribution is -2.41. The molecule has 2 heterocycles. The molecule has 26 heavy (non-hydrogen) atoms. The zero-order chi connectivity index (χ0) is 17.8. The number of amides is 1. The zero-order valence-electron chi connectivity index (χ0n) is 14.4. The maximum Gasteiger partial charge on any atom is 0.229 e. The molecule has 0 spiro atoms. The fourth-order valence-electron chi connectivity index (χ4n) is 3.04. The van der Waals surface area contributed by atoms with Gasteiger partial charge in [0.05, 0.1) is 25.3 Å². The Morgan fingerprint density at radius 2 is 1.62 bits per heavy atom. The number of carbonyl (C=O) groups excluding carboxylic acids is 1. The van der Waals surface area contributed by atoms with Gasteiger partial charge in [0.15, 0.2) is 0 Å². The number of ether oxygens (including phenoxy) is 1. The van der Waals surface area contributed by atoms with Crippen molar-refractivity contribution in [2.45, 2.75) is 6.42 Å². The molecule has 1 saturated heterocycles. The van der Waals surface area contributed by atoms with Gasteiger partial charge in [0, 0.05) is 24.0 Å². The van der Waals surface area contributed by atoms with Gasteiger partial charge in [-0.25, -0.2) is 4.98 Å². The minimum absolute atomic E-state index is 0.133. The summed E-state index contributed by atoms with van der Waals surface area (Å²) in [6.07, 6.45) is 0.368. The monoisotopic (exact) mass is 364 g/mol. The first-order chi connectivity index (χ1) is 12.8. The predicted octanol–water partition coefficient (Wildman–Crippen LogP) is 3.88. The van der Waals surface area contributed by atoms with Gasteiger partial charge < -0.3 is 9.64 Å². The third kappa shape index (κ3) is 3.84. The van der Waals surface area contributed by atoms with E-state index >= 15 is 0 Å². The maximum atomic E-state index is 12.4. The minimum atomic E-state index is 0.133. The molecule has 0 saturated carbocycles. The van der Waals surface area contributed by atoms with Crippen molar-refractivity contribution in [2.75, 3.05) is 26.3 Å². The van der Waals surface area contributed by atoms with Crippen molar-refractivity contribution in [3.8, 4) is 22.4 Å². The first-order valence-electron chi connectivity index (χ1n) is 8.75. The second-order valence-corrected chi connectivity index (χ2v) is 7.18. The number of hydrogen-bond donors (Lipinski definition) is 0. The van der Waals surface area contributed by atoms with Gasteiger partial charge in [-0.05, 0) is 11.1 Å². The Kier molecular flexibility index (Phi) is 5.09. The van der Waals surface area contributed by atoms with E-state index < -0.39 is 0 Å². The van der Waals surface area contributed by atoms with Crippen LogP contribution >= 0.6 is 11.3 Å². The summed E-state index contributed by atoms with van der Waals surface area (Å²) in [5.41, 5.74) is 4.40. The van der Waals surface area contributed by atoms with Crippen LogP contribution in [0.25, 0.3) is 22.4 Å². The molecule has 1 fully saturated rings. The Morgan fingerprint density at radius 1 is 0.962 bits per heavy atom. The lowest BCUT2D eigenvalue weighted by atomic mass is 10.0.